The predicted octanol–water partition coefficient (Wildman–Crippen LogP) is 3.21. The molecule has 1 aliphatic heterocycles. The zero-order valence-corrected chi connectivity index (χ0v) is 12.1. The lowest BCUT2D eigenvalue weighted by Gasteiger charge is -2.32. The third-order valence-electron chi connectivity index (χ3n) is 3.26. The van der Waals surface area contributed by atoms with Crippen molar-refractivity contribution in [2.75, 3.05) is 7.11 Å². The summed E-state index contributed by atoms with van der Waals surface area (Å²) in [7, 11) is 1.56. The molecule has 0 unspecified atom stereocenters. The van der Waals surface area contributed by atoms with Crippen LogP contribution in [0.5, 0.6) is 17.4 Å². The van der Waals surface area contributed by atoms with Gasteiger partial charge in [0.25, 0.3) is 0 Å². The van der Waals surface area contributed by atoms with Crippen molar-refractivity contribution in [3.63, 3.8) is 0 Å². The van der Waals surface area contributed by atoms with E-state index in [2.05, 4.69) is 20.9 Å². The van der Waals surface area contributed by atoms with E-state index >= 15 is 0 Å². The molecule has 0 amide bonds. The van der Waals surface area contributed by atoms with Gasteiger partial charge in [0.05, 0.1) is 18.9 Å². The highest BCUT2D eigenvalue weighted by molar-refractivity contribution is 9.10. The maximum Gasteiger partial charge on any atom is 0.225 e. The normalized spacial score (nSPS) is 20.2. The molecular formula is C14H12BrNO3. The Morgan fingerprint density at radius 3 is 2.84 bits per heavy atom. The van der Waals surface area contributed by atoms with Gasteiger partial charge in [-0.05, 0) is 31.2 Å². The van der Waals surface area contributed by atoms with Crippen molar-refractivity contribution in [1.82, 2.24) is 4.98 Å². The van der Waals surface area contributed by atoms with Crippen LogP contribution in [0.2, 0.25) is 0 Å². The summed E-state index contributed by atoms with van der Waals surface area (Å²) in [5.41, 5.74) is 0.121. The molecule has 2 aromatic rings. The zero-order valence-electron chi connectivity index (χ0n) is 10.5. The van der Waals surface area contributed by atoms with Crippen molar-refractivity contribution in [3.8, 4) is 17.4 Å². The number of ether oxygens (including phenoxy) is 2. The number of hydrogen-bond donors (Lipinski definition) is 1. The van der Waals surface area contributed by atoms with Crippen LogP contribution in [0.3, 0.4) is 0 Å². The highest BCUT2D eigenvalue weighted by atomic mass is 79.9. The van der Waals surface area contributed by atoms with E-state index in [0.29, 0.717) is 28.5 Å². The summed E-state index contributed by atoms with van der Waals surface area (Å²) < 4.78 is 11.8. The second-order valence-corrected chi connectivity index (χ2v) is 5.46. The molecule has 5 heteroatoms. The summed E-state index contributed by atoms with van der Waals surface area (Å²) in [5.74, 6) is 1.60. The molecule has 1 aromatic carbocycles. The number of rotatable bonds is 1. The van der Waals surface area contributed by atoms with Gasteiger partial charge in [0.1, 0.15) is 17.1 Å². The van der Waals surface area contributed by atoms with Crippen LogP contribution in [0.4, 0.5) is 0 Å². The number of aromatic nitrogens is 1. The van der Waals surface area contributed by atoms with E-state index in [9.17, 15) is 5.11 Å². The monoisotopic (exact) mass is 321 g/mol. The van der Waals surface area contributed by atoms with Crippen LogP contribution >= 0.6 is 15.9 Å². The lowest BCUT2D eigenvalue weighted by molar-refractivity contribution is 0.0884. The molecular weight excluding hydrogens is 310 g/mol. The smallest absolute Gasteiger partial charge is 0.225 e. The number of fused-ring (bicyclic) bond motifs is 2. The van der Waals surface area contributed by atoms with Crippen molar-refractivity contribution >= 4 is 15.9 Å². The number of methoxy groups -OCH3 is 1. The number of aliphatic hydroxyl groups is 1. The molecule has 2 heterocycles. The minimum Gasteiger partial charge on any atom is -0.495 e. The summed E-state index contributed by atoms with van der Waals surface area (Å²) in [6.07, 6.45) is 1.57. The van der Waals surface area contributed by atoms with Gasteiger partial charge in [-0.3, -0.25) is 0 Å². The van der Waals surface area contributed by atoms with Crippen molar-refractivity contribution < 1.29 is 14.6 Å². The summed E-state index contributed by atoms with van der Waals surface area (Å²) in [4.78, 5) is 4.19. The molecule has 98 valence electrons. The molecule has 0 radical (unpaired) electrons. The fraction of sp³-hybridized carbons (Fsp3) is 0.214. The lowest BCUT2D eigenvalue weighted by Crippen LogP contribution is -2.28. The molecule has 4 nitrogen and oxygen atoms in total. The standard InChI is InChI=1S/C14H12BrNO3/c1-14(17)10-5-8(15)3-4-12(10)19-13-11(14)6-9(18-2)7-16-13/h3-7,17H,1-2H3/t14-/m1/s1. The largest absolute Gasteiger partial charge is 0.495 e. The van der Waals surface area contributed by atoms with E-state index in [1.54, 1.807) is 26.3 Å². The Morgan fingerprint density at radius 1 is 1.32 bits per heavy atom. The van der Waals surface area contributed by atoms with E-state index in [0.717, 1.165) is 4.47 Å². The van der Waals surface area contributed by atoms with Gasteiger partial charge in [-0.15, -0.1) is 0 Å². The summed E-state index contributed by atoms with van der Waals surface area (Å²) in [6.45, 7) is 1.72. The van der Waals surface area contributed by atoms with Crippen molar-refractivity contribution in [2.24, 2.45) is 0 Å². The minimum absolute atomic E-state index is 0.403. The van der Waals surface area contributed by atoms with Gasteiger partial charge in [0.2, 0.25) is 5.88 Å². The maximum atomic E-state index is 10.8. The van der Waals surface area contributed by atoms with Crippen LogP contribution in [-0.2, 0) is 5.60 Å². The van der Waals surface area contributed by atoms with Crippen molar-refractivity contribution in [2.45, 2.75) is 12.5 Å². The molecule has 0 bridgehead atoms. The molecule has 0 saturated carbocycles. The minimum atomic E-state index is -1.17. The molecule has 0 saturated heterocycles. The van der Waals surface area contributed by atoms with Crippen LogP contribution in [0.15, 0.2) is 34.9 Å². The molecule has 0 spiro atoms. The molecule has 1 N–H and O–H groups in total. The van der Waals surface area contributed by atoms with Crippen LogP contribution < -0.4 is 9.47 Å². The van der Waals surface area contributed by atoms with E-state index in [4.69, 9.17) is 9.47 Å². The van der Waals surface area contributed by atoms with Gasteiger partial charge < -0.3 is 14.6 Å². The first-order valence-electron chi connectivity index (χ1n) is 5.77. The van der Waals surface area contributed by atoms with E-state index in [1.165, 1.54) is 0 Å². The highest BCUT2D eigenvalue weighted by Crippen LogP contribution is 2.47. The van der Waals surface area contributed by atoms with Crippen LogP contribution in [0.1, 0.15) is 18.1 Å². The third kappa shape index (κ3) is 1.89. The Morgan fingerprint density at radius 2 is 2.11 bits per heavy atom. The lowest BCUT2D eigenvalue weighted by atomic mass is 9.86. The molecule has 0 aliphatic carbocycles. The van der Waals surface area contributed by atoms with Crippen LogP contribution in [-0.4, -0.2) is 17.2 Å². The first-order chi connectivity index (χ1) is 9.02. The second-order valence-electron chi connectivity index (χ2n) is 4.54. The van der Waals surface area contributed by atoms with Gasteiger partial charge >= 0.3 is 0 Å². The molecule has 1 aromatic heterocycles. The average molecular weight is 322 g/mol. The highest BCUT2D eigenvalue weighted by Gasteiger charge is 2.37. The van der Waals surface area contributed by atoms with Crippen LogP contribution in [0, 0.1) is 0 Å². The SMILES string of the molecule is COc1cnc2c(c1)[C@](C)(O)c1cc(Br)ccc1O2. The first-order valence-corrected chi connectivity index (χ1v) is 6.56. The Hall–Kier alpha value is -1.59. The molecule has 1 aliphatic rings. The predicted molar refractivity (Wildman–Crippen MR) is 73.7 cm³/mol. The fourth-order valence-electron chi connectivity index (χ4n) is 2.20. The summed E-state index contributed by atoms with van der Waals surface area (Å²) >= 11 is 3.40. The Balaban J connectivity index is 2.22. The van der Waals surface area contributed by atoms with E-state index in [1.807, 2.05) is 18.2 Å². The Labute approximate surface area is 119 Å². The Bertz CT molecular complexity index is 655. The van der Waals surface area contributed by atoms with Crippen molar-refractivity contribution in [3.05, 3.63) is 46.1 Å². The van der Waals surface area contributed by atoms with Crippen molar-refractivity contribution in [1.29, 1.82) is 0 Å². The number of benzene rings is 1. The van der Waals surface area contributed by atoms with Gasteiger partial charge in [-0.25, -0.2) is 4.98 Å². The third-order valence-corrected chi connectivity index (χ3v) is 3.75. The zero-order chi connectivity index (χ0) is 13.6. The average Bonchev–Trinajstić information content (AvgIpc) is 2.40. The topological polar surface area (TPSA) is 51.6 Å². The fourth-order valence-corrected chi connectivity index (χ4v) is 2.56. The number of halogens is 1. The van der Waals surface area contributed by atoms with Gasteiger partial charge in [0.15, 0.2) is 0 Å². The molecule has 3 rings (SSSR count). The van der Waals surface area contributed by atoms with Gasteiger partial charge in [-0.2, -0.15) is 0 Å². The maximum absolute atomic E-state index is 10.8. The molecule has 1 atom stereocenters. The van der Waals surface area contributed by atoms with E-state index < -0.39 is 5.60 Å². The Kier molecular flexibility index (Phi) is 2.76. The summed E-state index contributed by atoms with van der Waals surface area (Å²) in [6, 6.07) is 7.26. The first kappa shape index (κ1) is 12.4. The van der Waals surface area contributed by atoms with E-state index in [-0.39, 0.29) is 0 Å². The number of pyridine rings is 1. The summed E-state index contributed by atoms with van der Waals surface area (Å²) in [5, 5.41) is 10.8. The quantitative estimate of drug-likeness (QED) is 0.876. The van der Waals surface area contributed by atoms with Gasteiger partial charge in [0, 0.05) is 10.0 Å². The number of hydrogen-bond acceptors (Lipinski definition) is 4. The van der Waals surface area contributed by atoms with Gasteiger partial charge in [-0.1, -0.05) is 15.9 Å². The molecule has 19 heavy (non-hydrogen) atoms. The number of nitrogens with zero attached hydrogens (tertiary/aromatic N) is 1. The van der Waals surface area contributed by atoms with Crippen LogP contribution in [0.25, 0.3) is 0 Å². The second kappa shape index (κ2) is 4.21. The molecule has 0 fully saturated rings.